The van der Waals surface area contributed by atoms with Crippen LogP contribution in [-0.4, -0.2) is 89.0 Å². The van der Waals surface area contributed by atoms with Gasteiger partial charge in [-0.3, -0.25) is 19.3 Å². The van der Waals surface area contributed by atoms with Crippen molar-refractivity contribution in [2.45, 2.75) is 113 Å². The lowest BCUT2D eigenvalue weighted by Crippen LogP contribution is -2.58. The fraction of sp³-hybridized carbons (Fsp3) is 0.514. The molecule has 55 heavy (non-hydrogen) atoms. The summed E-state index contributed by atoms with van der Waals surface area (Å²) in [6.45, 7) is 4.89. The number of aromatic nitrogens is 1. The van der Waals surface area contributed by atoms with Gasteiger partial charge in [-0.05, 0) is 70.2 Å². The molecular formula is C37H44ClFN6O9S. The molecule has 4 heterocycles. The molecule has 0 radical (unpaired) electrons. The second kappa shape index (κ2) is 15.8. The van der Waals surface area contributed by atoms with Gasteiger partial charge in [0, 0.05) is 30.6 Å². The smallest absolute Gasteiger partial charge is 0.410 e. The van der Waals surface area contributed by atoms with Crippen molar-refractivity contribution in [1.82, 2.24) is 30.1 Å². The fourth-order valence-corrected chi connectivity index (χ4v) is 8.23. The Labute approximate surface area is 323 Å². The van der Waals surface area contributed by atoms with Crippen LogP contribution in [0, 0.1) is 11.7 Å². The highest BCUT2D eigenvalue weighted by Gasteiger charge is 2.62. The second-order valence-corrected chi connectivity index (χ2v) is 17.3. The number of fused-ring (bicyclic) bond motifs is 3. The first-order valence-corrected chi connectivity index (χ1v) is 20.0. The van der Waals surface area contributed by atoms with Crippen LogP contribution in [0.25, 0.3) is 0 Å². The maximum Gasteiger partial charge on any atom is 0.410 e. The number of ether oxygens (including phenoxy) is 2. The number of pyridine rings is 1. The Kier molecular flexibility index (Phi) is 11.4. The molecule has 0 spiro atoms. The highest BCUT2D eigenvalue weighted by molar-refractivity contribution is 7.90. The summed E-state index contributed by atoms with van der Waals surface area (Å²) in [5, 5.41) is 5.45. The van der Waals surface area contributed by atoms with Crippen LogP contribution < -0.4 is 15.4 Å². The van der Waals surface area contributed by atoms with Gasteiger partial charge < -0.3 is 25.0 Å². The van der Waals surface area contributed by atoms with E-state index >= 15 is 0 Å². The Bertz CT molecular complexity index is 1990. The van der Waals surface area contributed by atoms with Gasteiger partial charge in [-0.1, -0.05) is 48.7 Å². The van der Waals surface area contributed by atoms with Crippen molar-refractivity contribution < 1.29 is 46.3 Å². The van der Waals surface area contributed by atoms with Gasteiger partial charge in [-0.15, -0.1) is 0 Å². The number of carbonyl (C=O) groups excluding carboxylic acids is 5. The summed E-state index contributed by atoms with van der Waals surface area (Å²) in [6, 6.07) is 4.61. The fourth-order valence-electron chi connectivity index (χ4n) is 7.14. The summed E-state index contributed by atoms with van der Waals surface area (Å²) in [7, 11) is -4.43. The van der Waals surface area contributed by atoms with Gasteiger partial charge in [0.05, 0.1) is 13.1 Å². The summed E-state index contributed by atoms with van der Waals surface area (Å²) < 4.78 is 54.2. The van der Waals surface area contributed by atoms with E-state index in [4.69, 9.17) is 21.1 Å². The van der Waals surface area contributed by atoms with Crippen molar-refractivity contribution in [3.63, 3.8) is 0 Å². The normalized spacial score (nSPS) is 26.3. The molecule has 5 atom stereocenters. The van der Waals surface area contributed by atoms with Gasteiger partial charge in [0.2, 0.25) is 11.8 Å². The first-order valence-electron chi connectivity index (χ1n) is 18.1. The van der Waals surface area contributed by atoms with Gasteiger partial charge in [0.15, 0.2) is 0 Å². The molecule has 0 unspecified atom stereocenters. The molecule has 1 saturated carbocycles. The van der Waals surface area contributed by atoms with Crippen LogP contribution >= 0.6 is 11.6 Å². The predicted molar refractivity (Wildman–Crippen MR) is 195 cm³/mol. The zero-order valence-corrected chi connectivity index (χ0v) is 32.3. The monoisotopic (exact) mass is 802 g/mol. The van der Waals surface area contributed by atoms with Gasteiger partial charge in [-0.2, -0.15) is 0 Å². The van der Waals surface area contributed by atoms with Gasteiger partial charge >= 0.3 is 12.2 Å². The first-order chi connectivity index (χ1) is 26.0. The van der Waals surface area contributed by atoms with Crippen LogP contribution in [0.2, 0.25) is 5.15 Å². The van der Waals surface area contributed by atoms with E-state index < -0.39 is 81.0 Å². The number of amides is 5. The van der Waals surface area contributed by atoms with E-state index in [1.54, 1.807) is 39.0 Å². The first kappa shape index (κ1) is 39.9. The third-order valence-electron chi connectivity index (χ3n) is 10.0. The molecule has 3 aliphatic heterocycles. The van der Waals surface area contributed by atoms with Gasteiger partial charge in [0.1, 0.15) is 45.2 Å². The molecule has 0 bridgehead atoms. The Balaban J connectivity index is 1.26. The number of hydrogen-bond acceptors (Lipinski definition) is 10. The molecular weight excluding hydrogens is 759 g/mol. The minimum Gasteiger partial charge on any atom is -0.444 e. The third kappa shape index (κ3) is 9.20. The topological polar surface area (TPSA) is 193 Å². The molecule has 1 aromatic heterocycles. The minimum atomic E-state index is -4.43. The van der Waals surface area contributed by atoms with E-state index in [0.717, 1.165) is 6.20 Å². The Morgan fingerprint density at radius 1 is 1.09 bits per heavy atom. The number of halogens is 2. The number of hydrogen-bond donors (Lipinski definition) is 3. The molecule has 2 aromatic rings. The number of benzene rings is 1. The van der Waals surface area contributed by atoms with Crippen molar-refractivity contribution in [2.75, 3.05) is 6.54 Å². The molecule has 5 amide bonds. The third-order valence-corrected chi connectivity index (χ3v) is 11.6. The van der Waals surface area contributed by atoms with Crippen molar-refractivity contribution in [3.05, 3.63) is 70.8 Å². The number of nitrogens with one attached hydrogen (secondary N) is 3. The Hall–Kier alpha value is -4.77. The van der Waals surface area contributed by atoms with Crippen LogP contribution in [0.5, 0.6) is 0 Å². The molecule has 296 valence electrons. The van der Waals surface area contributed by atoms with E-state index in [1.807, 2.05) is 6.08 Å². The van der Waals surface area contributed by atoms with Crippen LogP contribution in [-0.2, 0) is 47.0 Å². The highest BCUT2D eigenvalue weighted by atomic mass is 35.5. The lowest BCUT2D eigenvalue weighted by Gasteiger charge is -2.30. The zero-order valence-electron chi connectivity index (χ0n) is 30.7. The van der Waals surface area contributed by atoms with Crippen LogP contribution in [0.15, 0.2) is 53.6 Å². The van der Waals surface area contributed by atoms with Crippen molar-refractivity contribution in [2.24, 2.45) is 5.92 Å². The lowest BCUT2D eigenvalue weighted by molar-refractivity contribution is -0.141. The highest BCUT2D eigenvalue weighted by Crippen LogP contribution is 2.46. The largest absolute Gasteiger partial charge is 0.444 e. The molecule has 2 fully saturated rings. The zero-order chi connectivity index (χ0) is 39.7. The van der Waals surface area contributed by atoms with E-state index in [-0.39, 0.29) is 48.9 Å². The number of allylic oxidation sites excluding steroid dienone is 1. The molecule has 15 nitrogen and oxygen atoms in total. The van der Waals surface area contributed by atoms with Crippen molar-refractivity contribution >= 4 is 51.5 Å². The van der Waals surface area contributed by atoms with E-state index in [2.05, 4.69) is 20.3 Å². The molecule has 1 saturated heterocycles. The number of rotatable bonds is 5. The van der Waals surface area contributed by atoms with Gasteiger partial charge in [-0.25, -0.2) is 32.1 Å². The van der Waals surface area contributed by atoms with Crippen molar-refractivity contribution in [1.29, 1.82) is 0 Å². The number of sulfonamides is 1. The minimum absolute atomic E-state index is 0.0243. The summed E-state index contributed by atoms with van der Waals surface area (Å²) in [4.78, 5) is 74.8. The van der Waals surface area contributed by atoms with Gasteiger partial charge in [0.25, 0.3) is 15.9 Å². The van der Waals surface area contributed by atoms with E-state index in [9.17, 15) is 36.8 Å². The molecule has 6 rings (SSSR count). The average molecular weight is 803 g/mol. The summed E-state index contributed by atoms with van der Waals surface area (Å²) in [5.41, 5.74) is -1.55. The maximum absolute atomic E-state index is 14.4. The molecule has 4 aliphatic rings. The molecule has 18 heteroatoms. The predicted octanol–water partition coefficient (Wildman–Crippen LogP) is 4.09. The summed E-state index contributed by atoms with van der Waals surface area (Å²) in [5.74, 6) is -3.42. The summed E-state index contributed by atoms with van der Waals surface area (Å²) in [6.07, 6.45) is 4.71. The average Bonchev–Trinajstić information content (AvgIpc) is 3.40. The second-order valence-electron chi connectivity index (χ2n) is 15.3. The number of alkyl carbamates (subject to hydrolysis) is 1. The summed E-state index contributed by atoms with van der Waals surface area (Å²) >= 11 is 5.82. The molecule has 1 aliphatic carbocycles. The van der Waals surface area contributed by atoms with Crippen LogP contribution in [0.4, 0.5) is 14.0 Å². The van der Waals surface area contributed by atoms with E-state index in [1.165, 1.54) is 28.0 Å². The molecule has 1 aromatic carbocycles. The standard InChI is InChI=1S/C37H44ClFN6O9S/c1-36(2,3)54-34(49)41-28-13-8-6-4-5-7-11-23-17-37(23,33(48)43-55(51,52)25-14-15-30(38)40-18-25)42-31(46)29-16-24(20-45(29)32(28)47)53-35(50)44-19-22-10-9-12-27(39)26(22)21-44/h7,9-12,14-15,18,23-24,28-29H,4-6,8,13,16-17,19-21H2,1-3H3,(H,41,49)(H,42,46)(H,43,48)/b11-7-/t23-,24+,28-,29-,37+/m0/s1. The van der Waals surface area contributed by atoms with Crippen LogP contribution in [0.3, 0.4) is 0 Å². The lowest BCUT2D eigenvalue weighted by atomic mass is 10.0. The number of nitrogens with zero attached hydrogens (tertiary/aromatic N) is 3. The quantitative estimate of drug-likeness (QED) is 0.293. The number of carbonyl (C=O) groups is 5. The van der Waals surface area contributed by atoms with Crippen LogP contribution in [0.1, 0.15) is 76.8 Å². The Morgan fingerprint density at radius 3 is 2.58 bits per heavy atom. The molecule has 3 N–H and O–H groups in total. The Morgan fingerprint density at radius 2 is 1.87 bits per heavy atom. The SMILES string of the molecule is CC(C)(C)OC(=O)N[C@H]1CCCCC/C=C\[C@H]2C[C@@]2(C(=O)NS(=O)(=O)c2ccc(Cl)nc2)NC(=O)[C@@H]2C[C@@H](OC(=O)N3Cc4cccc(F)c4C3)CN2C1=O. The van der Waals surface area contributed by atoms with E-state index in [0.29, 0.717) is 36.8 Å². The van der Waals surface area contributed by atoms with Crippen molar-refractivity contribution in [3.8, 4) is 0 Å². The maximum atomic E-state index is 14.4.